The van der Waals surface area contributed by atoms with Gasteiger partial charge in [0, 0.05) is 16.7 Å². The van der Waals surface area contributed by atoms with Gasteiger partial charge in [-0.1, -0.05) is 224 Å². The molecule has 0 saturated heterocycles. The van der Waals surface area contributed by atoms with Gasteiger partial charge >= 0.3 is 0 Å². The maximum atomic E-state index is 5.24. The van der Waals surface area contributed by atoms with E-state index in [-0.39, 0.29) is 0 Å². The zero-order valence-electron chi connectivity index (χ0n) is 33.0. The standard InChI is InChI=1S/C58H40N2/c1-7-20-41(21-8-1)49-32-19-33-50(38-49)54-40-53(44-24-11-3-12-25-44)59-58(60-54)48-36-34-43(35-37-48)52-39-51(42-22-9-2-10-23-42)55(45-26-13-4-14-27-45)57(47-30-17-6-18-31-47)56(52)46-28-15-5-16-29-46/h1-40H. The predicted molar refractivity (Wildman–Crippen MR) is 251 cm³/mol. The Morgan fingerprint density at radius 1 is 0.200 bits per heavy atom. The molecule has 0 fully saturated rings. The molecule has 0 unspecified atom stereocenters. The molecule has 60 heavy (non-hydrogen) atoms. The van der Waals surface area contributed by atoms with Crippen LogP contribution in [-0.2, 0) is 0 Å². The second kappa shape index (κ2) is 16.5. The first-order valence-electron chi connectivity index (χ1n) is 20.4. The summed E-state index contributed by atoms with van der Waals surface area (Å²) in [5, 5.41) is 0. The third-order valence-corrected chi connectivity index (χ3v) is 11.1. The van der Waals surface area contributed by atoms with Gasteiger partial charge in [0.05, 0.1) is 11.4 Å². The van der Waals surface area contributed by atoms with Crippen molar-refractivity contribution in [3.05, 3.63) is 243 Å². The minimum atomic E-state index is 0.681. The molecule has 1 heterocycles. The Hall–Kier alpha value is -7.94. The molecule has 0 radical (unpaired) electrons. The van der Waals surface area contributed by atoms with Crippen molar-refractivity contribution in [2.24, 2.45) is 0 Å². The fourth-order valence-electron chi connectivity index (χ4n) is 8.23. The molecular formula is C58H40N2. The number of benzene rings is 9. The first kappa shape index (κ1) is 36.4. The largest absolute Gasteiger partial charge is 0.228 e. The van der Waals surface area contributed by atoms with Crippen molar-refractivity contribution in [2.45, 2.75) is 0 Å². The van der Waals surface area contributed by atoms with Gasteiger partial charge in [0.15, 0.2) is 5.82 Å². The Morgan fingerprint density at radius 2 is 0.550 bits per heavy atom. The van der Waals surface area contributed by atoms with E-state index < -0.39 is 0 Å². The van der Waals surface area contributed by atoms with Crippen molar-refractivity contribution in [2.75, 3.05) is 0 Å². The summed E-state index contributed by atoms with van der Waals surface area (Å²) in [5.41, 5.74) is 18.8. The van der Waals surface area contributed by atoms with E-state index >= 15 is 0 Å². The van der Waals surface area contributed by atoms with Crippen LogP contribution in [0.3, 0.4) is 0 Å². The highest BCUT2D eigenvalue weighted by molar-refractivity contribution is 6.07. The van der Waals surface area contributed by atoms with Gasteiger partial charge in [-0.2, -0.15) is 0 Å². The maximum absolute atomic E-state index is 5.24. The molecule has 9 aromatic carbocycles. The van der Waals surface area contributed by atoms with Gasteiger partial charge in [0.2, 0.25) is 0 Å². The van der Waals surface area contributed by atoms with Crippen LogP contribution in [0, 0.1) is 0 Å². The smallest absolute Gasteiger partial charge is 0.160 e. The summed E-state index contributed by atoms with van der Waals surface area (Å²) in [6, 6.07) is 86.0. The highest BCUT2D eigenvalue weighted by atomic mass is 14.9. The zero-order chi connectivity index (χ0) is 40.1. The molecule has 2 nitrogen and oxygen atoms in total. The van der Waals surface area contributed by atoms with E-state index in [1.54, 1.807) is 0 Å². The Balaban J connectivity index is 1.17. The van der Waals surface area contributed by atoms with Crippen molar-refractivity contribution in [1.29, 1.82) is 0 Å². The van der Waals surface area contributed by atoms with Crippen molar-refractivity contribution in [3.8, 4) is 101 Å². The average Bonchev–Trinajstić information content (AvgIpc) is 3.35. The summed E-state index contributed by atoms with van der Waals surface area (Å²) in [6.45, 7) is 0. The van der Waals surface area contributed by atoms with Crippen LogP contribution in [0.5, 0.6) is 0 Å². The van der Waals surface area contributed by atoms with E-state index in [1.165, 1.54) is 44.5 Å². The van der Waals surface area contributed by atoms with Crippen LogP contribution >= 0.6 is 0 Å². The molecule has 0 spiro atoms. The van der Waals surface area contributed by atoms with Crippen LogP contribution in [0.15, 0.2) is 243 Å². The molecule has 0 aliphatic heterocycles. The van der Waals surface area contributed by atoms with E-state index in [0.717, 1.165) is 50.3 Å². The normalized spacial score (nSPS) is 11.0. The highest BCUT2D eigenvalue weighted by Gasteiger charge is 2.24. The summed E-state index contributed by atoms with van der Waals surface area (Å²) >= 11 is 0. The minimum Gasteiger partial charge on any atom is -0.228 e. The van der Waals surface area contributed by atoms with Gasteiger partial charge in [-0.15, -0.1) is 0 Å². The molecule has 0 aliphatic rings. The number of rotatable bonds is 9. The fourth-order valence-corrected chi connectivity index (χ4v) is 8.23. The quantitative estimate of drug-likeness (QED) is 0.146. The summed E-state index contributed by atoms with van der Waals surface area (Å²) < 4.78 is 0. The molecule has 2 heteroatoms. The molecule has 10 rings (SSSR count). The molecule has 1 aromatic heterocycles. The lowest BCUT2D eigenvalue weighted by Crippen LogP contribution is -1.98. The monoisotopic (exact) mass is 764 g/mol. The Morgan fingerprint density at radius 3 is 1.05 bits per heavy atom. The van der Waals surface area contributed by atoms with E-state index in [2.05, 4.69) is 231 Å². The third-order valence-electron chi connectivity index (χ3n) is 11.1. The SMILES string of the molecule is c1ccc(-c2cccc(-c3cc(-c4ccccc4)nc(-c4ccc(-c5cc(-c6ccccc6)c(-c6ccccc6)c(-c6ccccc6)c5-c5ccccc5)cc4)n3)c2)cc1. The topological polar surface area (TPSA) is 25.8 Å². The number of hydrogen-bond acceptors (Lipinski definition) is 2. The summed E-state index contributed by atoms with van der Waals surface area (Å²) in [7, 11) is 0. The van der Waals surface area contributed by atoms with Crippen molar-refractivity contribution in [3.63, 3.8) is 0 Å². The van der Waals surface area contributed by atoms with Crippen molar-refractivity contribution < 1.29 is 0 Å². The molecule has 0 N–H and O–H groups in total. The summed E-state index contributed by atoms with van der Waals surface area (Å²) in [5.74, 6) is 0.681. The predicted octanol–water partition coefficient (Wildman–Crippen LogP) is 15.5. The molecule has 282 valence electrons. The van der Waals surface area contributed by atoms with Gasteiger partial charge in [-0.3, -0.25) is 0 Å². The van der Waals surface area contributed by atoms with Gasteiger partial charge in [0.25, 0.3) is 0 Å². The van der Waals surface area contributed by atoms with E-state index in [1.807, 2.05) is 12.1 Å². The Labute approximate surface area is 351 Å². The van der Waals surface area contributed by atoms with Crippen LogP contribution in [0.4, 0.5) is 0 Å². The number of nitrogens with zero attached hydrogens (tertiary/aromatic N) is 2. The van der Waals surface area contributed by atoms with Gasteiger partial charge in [-0.25, -0.2) is 9.97 Å². The molecule has 10 aromatic rings. The van der Waals surface area contributed by atoms with Crippen LogP contribution < -0.4 is 0 Å². The van der Waals surface area contributed by atoms with Crippen molar-refractivity contribution >= 4 is 0 Å². The first-order chi connectivity index (χ1) is 29.8. The Bertz CT molecular complexity index is 3020. The van der Waals surface area contributed by atoms with Crippen LogP contribution in [-0.4, -0.2) is 9.97 Å². The van der Waals surface area contributed by atoms with Crippen LogP contribution in [0.25, 0.3) is 101 Å². The van der Waals surface area contributed by atoms with E-state index in [0.29, 0.717) is 5.82 Å². The molecule has 0 saturated carbocycles. The molecule has 0 bridgehead atoms. The second-order valence-electron chi connectivity index (χ2n) is 14.9. The van der Waals surface area contributed by atoms with E-state index in [9.17, 15) is 0 Å². The minimum absolute atomic E-state index is 0.681. The van der Waals surface area contributed by atoms with Gasteiger partial charge in [-0.05, 0) is 85.0 Å². The fraction of sp³-hybridized carbons (Fsp3) is 0. The maximum Gasteiger partial charge on any atom is 0.160 e. The number of aromatic nitrogens is 2. The Kier molecular flexibility index (Phi) is 10.0. The number of hydrogen-bond donors (Lipinski definition) is 0. The zero-order valence-corrected chi connectivity index (χ0v) is 33.0. The van der Waals surface area contributed by atoms with Crippen LogP contribution in [0.1, 0.15) is 0 Å². The molecule has 0 atom stereocenters. The molecule has 0 aliphatic carbocycles. The molecule has 0 amide bonds. The van der Waals surface area contributed by atoms with Gasteiger partial charge < -0.3 is 0 Å². The summed E-state index contributed by atoms with van der Waals surface area (Å²) in [6.07, 6.45) is 0. The average molecular weight is 765 g/mol. The summed E-state index contributed by atoms with van der Waals surface area (Å²) in [4.78, 5) is 10.4. The van der Waals surface area contributed by atoms with Gasteiger partial charge in [0.1, 0.15) is 0 Å². The second-order valence-corrected chi connectivity index (χ2v) is 14.9. The van der Waals surface area contributed by atoms with Crippen LogP contribution in [0.2, 0.25) is 0 Å². The molecular weight excluding hydrogens is 725 g/mol. The van der Waals surface area contributed by atoms with E-state index in [4.69, 9.17) is 9.97 Å². The van der Waals surface area contributed by atoms with Crippen molar-refractivity contribution in [1.82, 2.24) is 9.97 Å². The third kappa shape index (κ3) is 7.35. The lowest BCUT2D eigenvalue weighted by molar-refractivity contribution is 1.18. The first-order valence-corrected chi connectivity index (χ1v) is 20.4. The lowest BCUT2D eigenvalue weighted by atomic mass is 9.79. The lowest BCUT2D eigenvalue weighted by Gasteiger charge is -2.24. The highest BCUT2D eigenvalue weighted by Crippen LogP contribution is 2.50.